The average Bonchev–Trinajstić information content (AvgIpc) is 3.27. The molecule has 0 fully saturated rings. The SMILES string of the molecule is CCCCCCCCCCCC/C=C/CC/C=C/CC/C=C/C(O)C(CO)NC(=O)CC(O)CCCCCCCCCCCCC/C=C\CCCCCCCCCCCCCC. The van der Waals surface area contributed by atoms with Gasteiger partial charge in [0.15, 0.2) is 0 Å². The first-order valence-corrected chi connectivity index (χ1v) is 27.4. The summed E-state index contributed by atoms with van der Waals surface area (Å²) in [6.07, 6.45) is 68.7. The van der Waals surface area contributed by atoms with E-state index in [1.807, 2.05) is 6.08 Å². The maximum absolute atomic E-state index is 12.5. The van der Waals surface area contributed by atoms with Crippen molar-refractivity contribution in [2.45, 2.75) is 302 Å². The molecule has 0 bridgehead atoms. The van der Waals surface area contributed by atoms with E-state index in [0.29, 0.717) is 6.42 Å². The van der Waals surface area contributed by atoms with Crippen molar-refractivity contribution in [1.29, 1.82) is 0 Å². The minimum Gasteiger partial charge on any atom is -0.394 e. The van der Waals surface area contributed by atoms with Crippen LogP contribution < -0.4 is 5.32 Å². The van der Waals surface area contributed by atoms with Crippen LogP contribution in [0.15, 0.2) is 48.6 Å². The second-order valence-electron chi connectivity index (χ2n) is 18.8. The van der Waals surface area contributed by atoms with Crippen LogP contribution in [-0.4, -0.2) is 46.1 Å². The molecule has 1 amide bonds. The molecule has 0 aliphatic rings. The highest BCUT2D eigenvalue weighted by molar-refractivity contribution is 5.76. The predicted molar refractivity (Wildman–Crippen MR) is 273 cm³/mol. The van der Waals surface area contributed by atoms with Crippen molar-refractivity contribution in [1.82, 2.24) is 5.32 Å². The first-order valence-electron chi connectivity index (χ1n) is 27.4. The number of carbonyl (C=O) groups is 1. The topological polar surface area (TPSA) is 89.8 Å². The van der Waals surface area contributed by atoms with Gasteiger partial charge in [0.1, 0.15) is 0 Å². The van der Waals surface area contributed by atoms with Crippen LogP contribution in [0.3, 0.4) is 0 Å². The summed E-state index contributed by atoms with van der Waals surface area (Å²) in [5, 5.41) is 33.4. The van der Waals surface area contributed by atoms with Crippen molar-refractivity contribution < 1.29 is 20.1 Å². The van der Waals surface area contributed by atoms with Crippen LogP contribution in [0.5, 0.6) is 0 Å². The Hall–Kier alpha value is -1.69. The summed E-state index contributed by atoms with van der Waals surface area (Å²) >= 11 is 0. The van der Waals surface area contributed by atoms with E-state index in [1.165, 1.54) is 218 Å². The van der Waals surface area contributed by atoms with Gasteiger partial charge in [0.05, 0.1) is 31.3 Å². The van der Waals surface area contributed by atoms with Crippen LogP contribution in [0.1, 0.15) is 284 Å². The lowest BCUT2D eigenvalue weighted by molar-refractivity contribution is -0.124. The summed E-state index contributed by atoms with van der Waals surface area (Å²) in [4.78, 5) is 12.5. The van der Waals surface area contributed by atoms with Crippen molar-refractivity contribution in [2.75, 3.05) is 6.61 Å². The van der Waals surface area contributed by atoms with E-state index < -0.39 is 18.2 Å². The van der Waals surface area contributed by atoms with Crippen LogP contribution in [0.25, 0.3) is 0 Å². The lowest BCUT2D eigenvalue weighted by atomic mass is 10.0. The van der Waals surface area contributed by atoms with Gasteiger partial charge < -0.3 is 20.6 Å². The maximum atomic E-state index is 12.5. The number of allylic oxidation sites excluding steroid dienone is 7. The highest BCUT2D eigenvalue weighted by atomic mass is 16.3. The largest absolute Gasteiger partial charge is 0.394 e. The molecule has 4 N–H and O–H groups in total. The summed E-state index contributed by atoms with van der Waals surface area (Å²) < 4.78 is 0. The molecular formula is C57H107NO4. The minimum absolute atomic E-state index is 0.00197. The van der Waals surface area contributed by atoms with Crippen LogP contribution in [0, 0.1) is 0 Å². The lowest BCUT2D eigenvalue weighted by Gasteiger charge is -2.21. The Kier molecular flexibility index (Phi) is 50.5. The molecule has 0 saturated carbocycles. The zero-order valence-corrected chi connectivity index (χ0v) is 41.5. The number of amides is 1. The van der Waals surface area contributed by atoms with E-state index in [0.717, 1.165) is 38.5 Å². The Bertz CT molecular complexity index is 1000. The number of nitrogens with one attached hydrogen (secondary N) is 1. The summed E-state index contributed by atoms with van der Waals surface area (Å²) in [5.41, 5.74) is 0. The molecule has 0 aromatic rings. The zero-order chi connectivity index (χ0) is 45.1. The number of rotatable bonds is 50. The van der Waals surface area contributed by atoms with Gasteiger partial charge in [-0.1, -0.05) is 255 Å². The Balaban J connectivity index is 3.62. The Morgan fingerprint density at radius 2 is 0.694 bits per heavy atom. The number of aliphatic hydroxyl groups is 3. The van der Waals surface area contributed by atoms with Gasteiger partial charge in [0.25, 0.3) is 0 Å². The molecule has 0 radical (unpaired) electrons. The number of aliphatic hydroxyl groups excluding tert-OH is 3. The molecule has 0 spiro atoms. The van der Waals surface area contributed by atoms with E-state index >= 15 is 0 Å². The van der Waals surface area contributed by atoms with E-state index in [1.54, 1.807) is 6.08 Å². The van der Waals surface area contributed by atoms with Crippen molar-refractivity contribution in [3.63, 3.8) is 0 Å². The molecule has 0 aliphatic carbocycles. The monoisotopic (exact) mass is 870 g/mol. The number of carbonyl (C=O) groups excluding carboxylic acids is 1. The summed E-state index contributed by atoms with van der Waals surface area (Å²) in [5.74, 6) is -0.328. The summed E-state index contributed by atoms with van der Waals surface area (Å²) in [6.45, 7) is 4.22. The van der Waals surface area contributed by atoms with Crippen molar-refractivity contribution in [2.24, 2.45) is 0 Å². The molecule has 0 rings (SSSR count). The normalized spacial score (nSPS) is 13.7. The third-order valence-electron chi connectivity index (χ3n) is 12.6. The van der Waals surface area contributed by atoms with Gasteiger partial charge >= 0.3 is 0 Å². The second-order valence-corrected chi connectivity index (χ2v) is 18.8. The molecule has 5 nitrogen and oxygen atoms in total. The van der Waals surface area contributed by atoms with Gasteiger partial charge in [0.2, 0.25) is 5.91 Å². The van der Waals surface area contributed by atoms with Gasteiger partial charge in [-0.05, 0) is 70.6 Å². The number of unbranched alkanes of at least 4 members (excludes halogenated alkanes) is 35. The minimum atomic E-state index is -0.961. The standard InChI is InChI=1S/C57H107NO4/c1-3-5-7-9-11-13-15-17-19-21-23-25-26-27-28-29-30-31-32-34-36-38-40-42-44-46-48-50-54(60)52-57(62)58-55(53-59)56(61)51-49-47-45-43-41-39-37-35-33-24-22-20-18-16-14-12-10-8-6-4-2/h27-28,33,35,41,43,49,51,54-56,59-61H,3-26,29-32,34,36-40,42,44-48,50,52-53H2,1-2H3,(H,58,62)/b28-27-,35-33+,43-41+,51-49+. The molecule has 0 heterocycles. The molecule has 3 unspecified atom stereocenters. The van der Waals surface area contributed by atoms with Crippen molar-refractivity contribution in [3.8, 4) is 0 Å². The molecule has 0 saturated heterocycles. The molecule has 0 aromatic heterocycles. The molecule has 0 aromatic carbocycles. The third kappa shape index (κ3) is 47.8. The van der Waals surface area contributed by atoms with Crippen molar-refractivity contribution in [3.05, 3.63) is 48.6 Å². The maximum Gasteiger partial charge on any atom is 0.222 e. The van der Waals surface area contributed by atoms with Gasteiger partial charge in [-0.2, -0.15) is 0 Å². The quantitative estimate of drug-likeness (QED) is 0.0362. The van der Waals surface area contributed by atoms with E-state index in [2.05, 4.69) is 55.6 Å². The molecule has 364 valence electrons. The van der Waals surface area contributed by atoms with Gasteiger partial charge in [-0.15, -0.1) is 0 Å². The first kappa shape index (κ1) is 60.3. The summed E-state index contributed by atoms with van der Waals surface area (Å²) in [6, 6.07) is -0.769. The molecule has 62 heavy (non-hydrogen) atoms. The fourth-order valence-corrected chi connectivity index (χ4v) is 8.37. The fraction of sp³-hybridized carbons (Fsp3) is 0.842. The van der Waals surface area contributed by atoms with E-state index in [4.69, 9.17) is 0 Å². The Morgan fingerprint density at radius 1 is 0.403 bits per heavy atom. The predicted octanol–water partition coefficient (Wildman–Crippen LogP) is 16.8. The first-order chi connectivity index (χ1) is 30.5. The van der Waals surface area contributed by atoms with E-state index in [9.17, 15) is 20.1 Å². The average molecular weight is 870 g/mol. The Labute approximate surface area is 387 Å². The van der Waals surface area contributed by atoms with Gasteiger partial charge in [-0.25, -0.2) is 0 Å². The zero-order valence-electron chi connectivity index (χ0n) is 41.5. The second kappa shape index (κ2) is 51.9. The fourth-order valence-electron chi connectivity index (χ4n) is 8.37. The highest BCUT2D eigenvalue weighted by Crippen LogP contribution is 2.16. The summed E-state index contributed by atoms with van der Waals surface area (Å²) in [7, 11) is 0. The van der Waals surface area contributed by atoms with Crippen LogP contribution in [0.4, 0.5) is 0 Å². The van der Waals surface area contributed by atoms with Crippen LogP contribution in [-0.2, 0) is 4.79 Å². The van der Waals surface area contributed by atoms with Crippen LogP contribution >= 0.6 is 0 Å². The Morgan fingerprint density at radius 3 is 1.03 bits per heavy atom. The molecule has 5 heteroatoms. The molecule has 3 atom stereocenters. The lowest BCUT2D eigenvalue weighted by Crippen LogP contribution is -2.45. The highest BCUT2D eigenvalue weighted by Gasteiger charge is 2.20. The van der Waals surface area contributed by atoms with E-state index in [-0.39, 0.29) is 18.9 Å². The number of hydrogen-bond acceptors (Lipinski definition) is 4. The number of hydrogen-bond donors (Lipinski definition) is 4. The van der Waals surface area contributed by atoms with Crippen LogP contribution in [0.2, 0.25) is 0 Å². The van der Waals surface area contributed by atoms with Crippen molar-refractivity contribution >= 4 is 5.91 Å². The molecular weight excluding hydrogens is 763 g/mol. The van der Waals surface area contributed by atoms with Gasteiger partial charge in [0, 0.05) is 0 Å². The van der Waals surface area contributed by atoms with Gasteiger partial charge in [-0.3, -0.25) is 4.79 Å². The smallest absolute Gasteiger partial charge is 0.222 e. The third-order valence-corrected chi connectivity index (χ3v) is 12.6. The molecule has 0 aliphatic heterocycles.